The third-order valence-electron chi connectivity index (χ3n) is 8.23. The van der Waals surface area contributed by atoms with Gasteiger partial charge in [0.25, 0.3) is 0 Å². The van der Waals surface area contributed by atoms with Crippen LogP contribution in [0.2, 0.25) is 5.02 Å². The van der Waals surface area contributed by atoms with E-state index in [1.807, 2.05) is 76.2 Å². The summed E-state index contributed by atoms with van der Waals surface area (Å²) in [4.78, 5) is 59.3. The van der Waals surface area contributed by atoms with Crippen molar-refractivity contribution in [2.75, 3.05) is 26.7 Å². The average molecular weight is 596 g/mol. The summed E-state index contributed by atoms with van der Waals surface area (Å²) in [5.41, 5.74) is 2.47. The molecule has 2 aromatic carbocycles. The van der Waals surface area contributed by atoms with E-state index in [1.165, 1.54) is 0 Å². The molecule has 2 N–H and O–H groups in total. The van der Waals surface area contributed by atoms with E-state index < -0.39 is 29.7 Å². The molecule has 0 unspecified atom stereocenters. The molecule has 2 aliphatic rings. The number of aryl methyl sites for hydroxylation is 1. The lowest BCUT2D eigenvalue weighted by atomic mass is 9.85. The molecular weight excluding hydrogens is 554 g/mol. The third-order valence-corrected chi connectivity index (χ3v) is 8.48. The number of nitrogens with one attached hydrogen (secondary N) is 2. The summed E-state index contributed by atoms with van der Waals surface area (Å²) in [6.07, 6.45) is 0.323. The number of piperazine rings is 1. The second kappa shape index (κ2) is 12.8. The van der Waals surface area contributed by atoms with Gasteiger partial charge >= 0.3 is 0 Å². The number of rotatable bonds is 9. The predicted octanol–water partition coefficient (Wildman–Crippen LogP) is 2.78. The molecule has 42 heavy (non-hydrogen) atoms. The van der Waals surface area contributed by atoms with Gasteiger partial charge in [-0.3, -0.25) is 19.2 Å². The van der Waals surface area contributed by atoms with Crippen molar-refractivity contribution in [3.8, 4) is 0 Å². The molecule has 4 rings (SSSR count). The SMILES string of the molecule is CN[C@@H](C)C(=O)N[C@H](C(=O)N1CC(=O)N2[C@@H]1CN(CCc1ccc(Cl)cc1)C(=O)[C@@H]2Cc1ccc(C)cc1)C(C)(C)C. The molecule has 0 radical (unpaired) electrons. The van der Waals surface area contributed by atoms with Crippen LogP contribution in [0, 0.1) is 12.3 Å². The van der Waals surface area contributed by atoms with Crippen molar-refractivity contribution in [3.63, 3.8) is 0 Å². The van der Waals surface area contributed by atoms with Crippen molar-refractivity contribution >= 4 is 35.2 Å². The molecule has 0 aliphatic carbocycles. The molecule has 2 saturated heterocycles. The summed E-state index contributed by atoms with van der Waals surface area (Å²) >= 11 is 6.06. The fourth-order valence-electron chi connectivity index (χ4n) is 5.52. The molecule has 226 valence electrons. The highest BCUT2D eigenvalue weighted by Crippen LogP contribution is 2.31. The Morgan fingerprint density at radius 1 is 1.02 bits per heavy atom. The van der Waals surface area contributed by atoms with Crippen molar-refractivity contribution in [2.45, 2.75) is 71.8 Å². The van der Waals surface area contributed by atoms with Gasteiger partial charge in [-0.05, 0) is 56.0 Å². The number of halogens is 1. The van der Waals surface area contributed by atoms with E-state index in [9.17, 15) is 19.2 Å². The second-order valence-electron chi connectivity index (χ2n) is 12.4. The number of amides is 4. The van der Waals surface area contributed by atoms with Crippen LogP contribution in [0.1, 0.15) is 44.4 Å². The molecule has 0 spiro atoms. The zero-order chi connectivity index (χ0) is 30.8. The van der Waals surface area contributed by atoms with Gasteiger partial charge in [-0.2, -0.15) is 0 Å². The van der Waals surface area contributed by atoms with E-state index in [-0.39, 0.29) is 36.7 Å². The van der Waals surface area contributed by atoms with E-state index >= 15 is 0 Å². The molecule has 4 amide bonds. The van der Waals surface area contributed by atoms with Gasteiger partial charge < -0.3 is 25.3 Å². The lowest BCUT2D eigenvalue weighted by Gasteiger charge is -2.45. The van der Waals surface area contributed by atoms with Gasteiger partial charge in [-0.1, -0.05) is 74.3 Å². The summed E-state index contributed by atoms with van der Waals surface area (Å²) < 4.78 is 0. The summed E-state index contributed by atoms with van der Waals surface area (Å²) in [7, 11) is 1.68. The van der Waals surface area contributed by atoms with E-state index in [1.54, 1.807) is 28.7 Å². The maximum atomic E-state index is 14.1. The molecule has 2 fully saturated rings. The van der Waals surface area contributed by atoms with E-state index in [0.29, 0.717) is 24.4 Å². The first kappa shape index (κ1) is 31.5. The average Bonchev–Trinajstić information content (AvgIpc) is 3.28. The monoisotopic (exact) mass is 595 g/mol. The van der Waals surface area contributed by atoms with Crippen LogP contribution in [0.3, 0.4) is 0 Å². The number of carbonyl (C=O) groups excluding carboxylic acids is 4. The Balaban J connectivity index is 1.64. The Bertz CT molecular complexity index is 1310. The number of nitrogens with zero attached hydrogens (tertiary/aromatic N) is 3. The summed E-state index contributed by atoms with van der Waals surface area (Å²) in [5.74, 6) is -1.03. The minimum atomic E-state index is -0.857. The van der Waals surface area contributed by atoms with Gasteiger partial charge in [-0.25, -0.2) is 0 Å². The van der Waals surface area contributed by atoms with Crippen LogP contribution in [0.4, 0.5) is 0 Å². The summed E-state index contributed by atoms with van der Waals surface area (Å²) in [5, 5.41) is 6.46. The molecule has 2 heterocycles. The van der Waals surface area contributed by atoms with E-state index in [0.717, 1.165) is 16.7 Å². The maximum absolute atomic E-state index is 14.1. The van der Waals surface area contributed by atoms with Gasteiger partial charge in [0.05, 0.1) is 12.6 Å². The second-order valence-corrected chi connectivity index (χ2v) is 12.9. The standard InChI is InChI=1S/C32H42ClN5O4/c1-20-7-9-23(10-8-20)17-25-30(41)36(16-15-22-11-13-24(33)14-12-22)18-26-37(19-27(39)38(25)26)31(42)28(32(3,4)5)35-29(40)21(2)34-6/h7-14,21,25-26,28,34H,15-19H2,1-6H3,(H,35,40)/t21-,25-,26+,28+/m0/s1. The lowest BCUT2D eigenvalue weighted by molar-refractivity contribution is -0.156. The van der Waals surface area contributed by atoms with Crippen molar-refractivity contribution in [3.05, 3.63) is 70.2 Å². The molecular formula is C32H42ClN5O4. The van der Waals surface area contributed by atoms with E-state index in [2.05, 4.69) is 10.6 Å². The van der Waals surface area contributed by atoms with Crippen LogP contribution >= 0.6 is 11.6 Å². The molecule has 0 bridgehead atoms. The quantitative estimate of drug-likeness (QED) is 0.464. The summed E-state index contributed by atoms with van der Waals surface area (Å²) in [6, 6.07) is 13.3. The molecule has 4 atom stereocenters. The molecule has 0 saturated carbocycles. The maximum Gasteiger partial charge on any atom is 0.247 e. The Morgan fingerprint density at radius 2 is 1.64 bits per heavy atom. The molecule has 9 nitrogen and oxygen atoms in total. The van der Waals surface area contributed by atoms with Crippen LogP contribution < -0.4 is 10.6 Å². The van der Waals surface area contributed by atoms with Gasteiger partial charge in [-0.15, -0.1) is 0 Å². The normalized spacial score (nSPS) is 20.4. The van der Waals surface area contributed by atoms with Crippen LogP contribution in [-0.4, -0.2) is 89.3 Å². The highest BCUT2D eigenvalue weighted by molar-refractivity contribution is 6.30. The predicted molar refractivity (Wildman–Crippen MR) is 163 cm³/mol. The Labute approximate surface area is 253 Å². The lowest BCUT2D eigenvalue weighted by Crippen LogP contribution is -2.66. The van der Waals surface area contributed by atoms with Crippen LogP contribution in [0.25, 0.3) is 0 Å². The minimum Gasteiger partial charge on any atom is -0.342 e. The van der Waals surface area contributed by atoms with Gasteiger partial charge in [0.2, 0.25) is 23.6 Å². The fourth-order valence-corrected chi connectivity index (χ4v) is 5.65. The number of benzene rings is 2. The van der Waals surface area contributed by atoms with Crippen molar-refractivity contribution in [2.24, 2.45) is 5.41 Å². The number of likely N-dealkylation sites (N-methyl/N-ethyl adjacent to an activating group) is 1. The van der Waals surface area contributed by atoms with Crippen LogP contribution in [-0.2, 0) is 32.0 Å². The molecule has 2 aliphatic heterocycles. The molecule has 2 aromatic rings. The largest absolute Gasteiger partial charge is 0.342 e. The Morgan fingerprint density at radius 3 is 2.24 bits per heavy atom. The van der Waals surface area contributed by atoms with Gasteiger partial charge in [0.1, 0.15) is 24.8 Å². The third kappa shape index (κ3) is 6.95. The molecule has 10 heteroatoms. The summed E-state index contributed by atoms with van der Waals surface area (Å²) in [6.45, 7) is 9.88. The number of hydrogen-bond donors (Lipinski definition) is 2. The van der Waals surface area contributed by atoms with Crippen molar-refractivity contribution < 1.29 is 19.2 Å². The van der Waals surface area contributed by atoms with Crippen LogP contribution in [0.5, 0.6) is 0 Å². The smallest absolute Gasteiger partial charge is 0.247 e. The van der Waals surface area contributed by atoms with Crippen molar-refractivity contribution in [1.29, 1.82) is 0 Å². The number of fused-ring (bicyclic) bond motifs is 1. The highest BCUT2D eigenvalue weighted by Gasteiger charge is 2.53. The van der Waals surface area contributed by atoms with Gasteiger partial charge in [0, 0.05) is 18.0 Å². The first-order chi connectivity index (χ1) is 19.8. The Hall–Kier alpha value is -3.43. The number of carbonyl (C=O) groups is 4. The zero-order valence-electron chi connectivity index (χ0n) is 25.3. The first-order valence-electron chi connectivity index (χ1n) is 14.5. The molecule has 0 aromatic heterocycles. The van der Waals surface area contributed by atoms with Crippen LogP contribution in [0.15, 0.2) is 48.5 Å². The first-order valence-corrected chi connectivity index (χ1v) is 14.9. The highest BCUT2D eigenvalue weighted by atomic mass is 35.5. The van der Waals surface area contributed by atoms with Crippen molar-refractivity contribution in [1.82, 2.24) is 25.3 Å². The van der Waals surface area contributed by atoms with Gasteiger partial charge in [0.15, 0.2) is 0 Å². The zero-order valence-corrected chi connectivity index (χ0v) is 26.1. The topological polar surface area (TPSA) is 102 Å². The Kier molecular flexibility index (Phi) is 9.63. The minimum absolute atomic E-state index is 0.132. The fraction of sp³-hybridized carbons (Fsp3) is 0.500. The number of hydrogen-bond acceptors (Lipinski definition) is 5. The van der Waals surface area contributed by atoms with E-state index in [4.69, 9.17) is 11.6 Å².